The number of carbonyl (C=O) groups excluding carboxylic acids is 2. The van der Waals surface area contributed by atoms with E-state index in [9.17, 15) is 9.59 Å². The maximum absolute atomic E-state index is 12.7. The van der Waals surface area contributed by atoms with Gasteiger partial charge in [0.15, 0.2) is 5.11 Å². The van der Waals surface area contributed by atoms with E-state index in [4.69, 9.17) is 21.7 Å². The SMILES string of the molecule is CCOCCOc1ccccc1C(=O)NC(=S)Nc1ccc(C(=O)N2CCCCCC2)cc1. The first-order valence-electron chi connectivity index (χ1n) is 11.4. The van der Waals surface area contributed by atoms with Gasteiger partial charge in [-0.2, -0.15) is 0 Å². The van der Waals surface area contributed by atoms with Gasteiger partial charge in [-0.15, -0.1) is 0 Å². The van der Waals surface area contributed by atoms with E-state index >= 15 is 0 Å². The monoisotopic (exact) mass is 469 g/mol. The van der Waals surface area contributed by atoms with Gasteiger partial charge in [0.2, 0.25) is 0 Å². The summed E-state index contributed by atoms with van der Waals surface area (Å²) < 4.78 is 10.9. The molecule has 0 atom stereocenters. The molecular formula is C25H31N3O4S. The average Bonchev–Trinajstić information content (AvgIpc) is 3.12. The molecule has 1 aliphatic heterocycles. The third-order valence-electron chi connectivity index (χ3n) is 5.33. The first-order chi connectivity index (χ1) is 16.1. The Hall–Kier alpha value is -2.97. The minimum atomic E-state index is -0.368. The molecule has 0 aliphatic carbocycles. The van der Waals surface area contributed by atoms with E-state index in [0.717, 1.165) is 25.9 Å². The lowest BCUT2D eigenvalue weighted by Crippen LogP contribution is -2.34. The Morgan fingerprint density at radius 3 is 2.36 bits per heavy atom. The van der Waals surface area contributed by atoms with E-state index in [-0.39, 0.29) is 16.9 Å². The van der Waals surface area contributed by atoms with Crippen LogP contribution in [0.2, 0.25) is 0 Å². The zero-order valence-electron chi connectivity index (χ0n) is 19.0. The number of likely N-dealkylation sites (tertiary alicyclic amines) is 1. The van der Waals surface area contributed by atoms with E-state index in [1.165, 1.54) is 12.8 Å². The molecule has 2 N–H and O–H groups in total. The van der Waals surface area contributed by atoms with Gasteiger partial charge in [0.05, 0.1) is 12.2 Å². The summed E-state index contributed by atoms with van der Waals surface area (Å²) in [4.78, 5) is 27.4. The molecule has 7 nitrogen and oxygen atoms in total. The number of anilines is 1. The third-order valence-corrected chi connectivity index (χ3v) is 5.54. The smallest absolute Gasteiger partial charge is 0.261 e. The first kappa shape index (κ1) is 24.7. The number of nitrogens with zero attached hydrogens (tertiary/aromatic N) is 1. The van der Waals surface area contributed by atoms with Gasteiger partial charge in [-0.3, -0.25) is 14.9 Å². The molecule has 2 amide bonds. The number of thiocarbonyl (C=S) groups is 1. The zero-order chi connectivity index (χ0) is 23.5. The van der Waals surface area contributed by atoms with E-state index in [1.807, 2.05) is 11.8 Å². The zero-order valence-corrected chi connectivity index (χ0v) is 19.8. The van der Waals surface area contributed by atoms with Crippen LogP contribution in [0.4, 0.5) is 5.69 Å². The molecule has 2 aromatic carbocycles. The van der Waals surface area contributed by atoms with Gasteiger partial charge >= 0.3 is 0 Å². The minimum Gasteiger partial charge on any atom is -0.490 e. The molecule has 1 heterocycles. The molecule has 1 aliphatic rings. The number of hydrogen-bond acceptors (Lipinski definition) is 5. The second kappa shape index (κ2) is 12.9. The van der Waals surface area contributed by atoms with Crippen molar-refractivity contribution in [3.8, 4) is 5.75 Å². The molecule has 0 saturated carbocycles. The Balaban J connectivity index is 1.54. The van der Waals surface area contributed by atoms with Crippen molar-refractivity contribution < 1.29 is 19.1 Å². The van der Waals surface area contributed by atoms with Crippen molar-refractivity contribution in [1.82, 2.24) is 10.2 Å². The molecule has 2 aromatic rings. The normalized spacial score (nSPS) is 13.7. The molecule has 8 heteroatoms. The highest BCUT2D eigenvalue weighted by Crippen LogP contribution is 2.18. The lowest BCUT2D eigenvalue weighted by atomic mass is 10.1. The lowest BCUT2D eigenvalue weighted by Gasteiger charge is -2.20. The first-order valence-corrected chi connectivity index (χ1v) is 11.8. The van der Waals surface area contributed by atoms with Gasteiger partial charge in [0.25, 0.3) is 11.8 Å². The van der Waals surface area contributed by atoms with Gasteiger partial charge in [-0.1, -0.05) is 25.0 Å². The number of benzene rings is 2. The van der Waals surface area contributed by atoms with Crippen LogP contribution >= 0.6 is 12.2 Å². The molecule has 3 rings (SSSR count). The average molecular weight is 470 g/mol. The largest absolute Gasteiger partial charge is 0.490 e. The van der Waals surface area contributed by atoms with Crippen molar-refractivity contribution in [2.45, 2.75) is 32.6 Å². The van der Waals surface area contributed by atoms with Gasteiger partial charge in [0, 0.05) is 30.9 Å². The van der Waals surface area contributed by atoms with Crippen molar-refractivity contribution in [1.29, 1.82) is 0 Å². The molecular weight excluding hydrogens is 438 g/mol. The lowest BCUT2D eigenvalue weighted by molar-refractivity contribution is 0.0761. The van der Waals surface area contributed by atoms with Crippen molar-refractivity contribution in [3.05, 3.63) is 59.7 Å². The quantitative estimate of drug-likeness (QED) is 0.445. The number of nitrogens with one attached hydrogen (secondary N) is 2. The summed E-state index contributed by atoms with van der Waals surface area (Å²) in [5.41, 5.74) is 1.72. The molecule has 0 bridgehead atoms. The van der Waals surface area contributed by atoms with Crippen LogP contribution in [-0.2, 0) is 4.74 Å². The van der Waals surface area contributed by atoms with Crippen LogP contribution < -0.4 is 15.4 Å². The molecule has 0 aromatic heterocycles. The summed E-state index contributed by atoms with van der Waals surface area (Å²) in [6, 6.07) is 14.1. The van der Waals surface area contributed by atoms with Crippen LogP contribution in [0.5, 0.6) is 5.75 Å². The maximum atomic E-state index is 12.7. The fraction of sp³-hybridized carbons (Fsp3) is 0.400. The highest BCUT2D eigenvalue weighted by molar-refractivity contribution is 7.80. The molecule has 1 fully saturated rings. The predicted molar refractivity (Wildman–Crippen MR) is 133 cm³/mol. The van der Waals surface area contributed by atoms with Crippen molar-refractivity contribution in [2.24, 2.45) is 0 Å². The van der Waals surface area contributed by atoms with Crippen LogP contribution in [0.15, 0.2) is 48.5 Å². The van der Waals surface area contributed by atoms with Crippen LogP contribution in [0, 0.1) is 0 Å². The maximum Gasteiger partial charge on any atom is 0.261 e. The second-order valence-electron chi connectivity index (χ2n) is 7.73. The van der Waals surface area contributed by atoms with E-state index in [1.54, 1.807) is 48.5 Å². The summed E-state index contributed by atoms with van der Waals surface area (Å²) in [5, 5.41) is 5.83. The number of ether oxygens (including phenoxy) is 2. The Labute approximate surface area is 200 Å². The summed E-state index contributed by atoms with van der Waals surface area (Å²) in [6.07, 6.45) is 4.47. The van der Waals surface area contributed by atoms with Gasteiger partial charge in [-0.25, -0.2) is 0 Å². The highest BCUT2D eigenvalue weighted by Gasteiger charge is 2.17. The number of rotatable bonds is 8. The Bertz CT molecular complexity index is 941. The van der Waals surface area contributed by atoms with Crippen molar-refractivity contribution in [3.63, 3.8) is 0 Å². The molecule has 176 valence electrons. The number of para-hydroxylation sites is 1. The Morgan fingerprint density at radius 2 is 1.67 bits per heavy atom. The molecule has 0 spiro atoms. The summed E-state index contributed by atoms with van der Waals surface area (Å²) in [6.45, 7) is 4.94. The molecule has 33 heavy (non-hydrogen) atoms. The fourth-order valence-corrected chi connectivity index (χ4v) is 3.83. The second-order valence-corrected chi connectivity index (χ2v) is 8.14. The van der Waals surface area contributed by atoms with Crippen LogP contribution in [0.25, 0.3) is 0 Å². The van der Waals surface area contributed by atoms with Crippen LogP contribution in [-0.4, -0.2) is 54.7 Å². The highest BCUT2D eigenvalue weighted by atomic mass is 32.1. The number of carbonyl (C=O) groups is 2. The fourth-order valence-electron chi connectivity index (χ4n) is 3.62. The molecule has 0 unspecified atom stereocenters. The summed E-state index contributed by atoms with van der Waals surface area (Å²) in [7, 11) is 0. The van der Waals surface area contributed by atoms with Crippen molar-refractivity contribution in [2.75, 3.05) is 38.2 Å². The summed E-state index contributed by atoms with van der Waals surface area (Å²) in [5.74, 6) is 0.154. The predicted octanol–water partition coefficient (Wildman–Crippen LogP) is 4.24. The van der Waals surface area contributed by atoms with Crippen LogP contribution in [0.1, 0.15) is 53.3 Å². The van der Waals surface area contributed by atoms with E-state index < -0.39 is 0 Å². The van der Waals surface area contributed by atoms with Gasteiger partial charge < -0.3 is 19.7 Å². The Kier molecular flexibility index (Phi) is 9.65. The Morgan fingerprint density at radius 1 is 0.970 bits per heavy atom. The molecule has 1 saturated heterocycles. The topological polar surface area (TPSA) is 79.9 Å². The summed E-state index contributed by atoms with van der Waals surface area (Å²) >= 11 is 5.30. The van der Waals surface area contributed by atoms with Gasteiger partial charge in [0.1, 0.15) is 12.4 Å². The molecule has 0 radical (unpaired) electrons. The third kappa shape index (κ3) is 7.54. The van der Waals surface area contributed by atoms with E-state index in [2.05, 4.69) is 10.6 Å². The number of amides is 2. The van der Waals surface area contributed by atoms with Gasteiger partial charge in [-0.05, 0) is 68.4 Å². The van der Waals surface area contributed by atoms with Crippen LogP contribution in [0.3, 0.4) is 0 Å². The standard InChI is InChI=1S/C25H31N3O4S/c1-2-31-17-18-32-22-10-6-5-9-21(22)23(29)27-25(33)26-20-13-11-19(12-14-20)24(30)28-15-7-3-4-8-16-28/h5-6,9-14H,2-4,7-8,15-18H2,1H3,(H2,26,27,29,33). The van der Waals surface area contributed by atoms with E-state index in [0.29, 0.717) is 42.4 Å². The minimum absolute atomic E-state index is 0.0558. The number of hydrogen-bond donors (Lipinski definition) is 2. The van der Waals surface area contributed by atoms with Crippen molar-refractivity contribution >= 4 is 34.8 Å².